The molecule has 0 spiro atoms. The summed E-state index contributed by atoms with van der Waals surface area (Å²) < 4.78 is 32.0. The highest BCUT2D eigenvalue weighted by molar-refractivity contribution is 7.89. The van der Waals surface area contributed by atoms with E-state index in [4.69, 9.17) is 4.74 Å². The maximum absolute atomic E-state index is 12.1. The van der Waals surface area contributed by atoms with Crippen molar-refractivity contribution in [2.75, 3.05) is 26.0 Å². The van der Waals surface area contributed by atoms with Crippen LogP contribution in [0.5, 0.6) is 0 Å². The molecule has 19 heavy (non-hydrogen) atoms. The van der Waals surface area contributed by atoms with Crippen molar-refractivity contribution < 1.29 is 13.2 Å². The van der Waals surface area contributed by atoms with E-state index in [9.17, 15) is 8.42 Å². The molecule has 2 atom stereocenters. The van der Waals surface area contributed by atoms with Crippen molar-refractivity contribution in [1.82, 2.24) is 10.0 Å². The topological polar surface area (TPSA) is 67.4 Å². The lowest BCUT2D eigenvalue weighted by Gasteiger charge is -2.25. The number of nitrogens with one attached hydrogen (secondary N) is 2. The normalized spacial score (nSPS) is 22.6. The smallest absolute Gasteiger partial charge is 0.211 e. The molecular formula is C13H28N2O3S. The van der Waals surface area contributed by atoms with Crippen molar-refractivity contribution in [2.24, 2.45) is 5.92 Å². The molecule has 5 nitrogen and oxygen atoms in total. The van der Waals surface area contributed by atoms with Gasteiger partial charge in [0.2, 0.25) is 10.0 Å². The van der Waals surface area contributed by atoms with E-state index in [1.807, 2.05) is 13.8 Å². The van der Waals surface area contributed by atoms with Crippen LogP contribution in [-0.4, -0.2) is 46.5 Å². The van der Waals surface area contributed by atoms with Gasteiger partial charge in [0.1, 0.15) is 0 Å². The molecule has 0 aromatic heterocycles. The first-order valence-corrected chi connectivity index (χ1v) is 8.82. The minimum absolute atomic E-state index is 0.144. The molecule has 1 rings (SSSR count). The Labute approximate surface area is 117 Å². The molecular weight excluding hydrogens is 264 g/mol. The Morgan fingerprint density at radius 3 is 2.63 bits per heavy atom. The van der Waals surface area contributed by atoms with Crippen molar-refractivity contribution >= 4 is 10.0 Å². The summed E-state index contributed by atoms with van der Waals surface area (Å²) in [7, 11) is -1.62. The summed E-state index contributed by atoms with van der Waals surface area (Å²) in [6.45, 7) is 5.42. The van der Waals surface area contributed by atoms with E-state index in [0.717, 1.165) is 13.0 Å². The maximum atomic E-state index is 12.1. The third-order valence-corrected chi connectivity index (χ3v) is 5.06. The van der Waals surface area contributed by atoms with Crippen molar-refractivity contribution in [3.05, 3.63) is 0 Å². The van der Waals surface area contributed by atoms with Crippen LogP contribution in [-0.2, 0) is 14.8 Å². The largest absolute Gasteiger partial charge is 0.383 e. The third-order valence-electron chi connectivity index (χ3n) is 3.63. The summed E-state index contributed by atoms with van der Waals surface area (Å²) in [6, 6.07) is 0.208. The van der Waals surface area contributed by atoms with E-state index in [2.05, 4.69) is 10.0 Å². The molecule has 6 heteroatoms. The van der Waals surface area contributed by atoms with Gasteiger partial charge >= 0.3 is 0 Å². The summed E-state index contributed by atoms with van der Waals surface area (Å²) in [6.07, 6.45) is 4.17. The first-order chi connectivity index (χ1) is 8.94. The standard InChI is InChI=1S/C13H28N2O3S/c1-11(2)13(10-18-3)15-19(16,17)9-7-12-6-4-5-8-14-12/h11-15H,4-10H2,1-3H3. The van der Waals surface area contributed by atoms with Crippen molar-refractivity contribution in [2.45, 2.75) is 51.6 Å². The van der Waals surface area contributed by atoms with Crippen LogP contribution in [0.1, 0.15) is 39.5 Å². The number of methoxy groups -OCH3 is 1. The minimum Gasteiger partial charge on any atom is -0.383 e. The number of hydrogen-bond donors (Lipinski definition) is 2. The molecule has 0 aromatic carbocycles. The van der Waals surface area contributed by atoms with Gasteiger partial charge in [-0.1, -0.05) is 20.3 Å². The van der Waals surface area contributed by atoms with Gasteiger partial charge in [-0.2, -0.15) is 0 Å². The van der Waals surface area contributed by atoms with Gasteiger partial charge in [-0.15, -0.1) is 0 Å². The fraction of sp³-hybridized carbons (Fsp3) is 1.00. The van der Waals surface area contributed by atoms with Crippen molar-refractivity contribution in [3.63, 3.8) is 0 Å². The summed E-state index contributed by atoms with van der Waals surface area (Å²) >= 11 is 0. The van der Waals surface area contributed by atoms with Crippen LogP contribution in [0.2, 0.25) is 0 Å². The van der Waals surface area contributed by atoms with Crippen LogP contribution in [0.15, 0.2) is 0 Å². The van der Waals surface area contributed by atoms with Gasteiger partial charge < -0.3 is 10.1 Å². The van der Waals surface area contributed by atoms with Gasteiger partial charge in [0.15, 0.2) is 0 Å². The Bertz CT molecular complexity index is 338. The quantitative estimate of drug-likeness (QED) is 0.703. The molecule has 1 aliphatic rings. The number of sulfonamides is 1. The van der Waals surface area contributed by atoms with Crippen molar-refractivity contribution in [3.8, 4) is 0 Å². The Morgan fingerprint density at radius 2 is 2.11 bits per heavy atom. The zero-order chi connectivity index (χ0) is 14.3. The Morgan fingerprint density at radius 1 is 1.37 bits per heavy atom. The summed E-state index contributed by atoms with van der Waals surface area (Å²) in [5.41, 5.74) is 0. The van der Waals surface area contributed by atoms with E-state index in [1.54, 1.807) is 7.11 Å². The average molecular weight is 292 g/mol. The molecule has 0 radical (unpaired) electrons. The number of rotatable bonds is 8. The molecule has 1 fully saturated rings. The zero-order valence-electron chi connectivity index (χ0n) is 12.3. The molecule has 2 unspecified atom stereocenters. The summed E-state index contributed by atoms with van der Waals surface area (Å²) in [5, 5.41) is 3.38. The SMILES string of the molecule is COCC(NS(=O)(=O)CCC1CCCCN1)C(C)C. The molecule has 0 amide bonds. The second kappa shape index (κ2) is 8.19. The highest BCUT2D eigenvalue weighted by Gasteiger charge is 2.22. The van der Waals surface area contributed by atoms with Gasteiger partial charge in [-0.05, 0) is 31.7 Å². The second-order valence-corrected chi connectivity index (χ2v) is 7.55. The molecule has 0 saturated carbocycles. The molecule has 1 aliphatic heterocycles. The highest BCUT2D eigenvalue weighted by Crippen LogP contribution is 2.11. The first kappa shape index (κ1) is 16.9. The second-order valence-electron chi connectivity index (χ2n) is 5.68. The molecule has 0 aromatic rings. The van der Waals surface area contributed by atoms with Crippen LogP contribution < -0.4 is 10.0 Å². The third kappa shape index (κ3) is 6.70. The van der Waals surface area contributed by atoms with E-state index < -0.39 is 10.0 Å². The van der Waals surface area contributed by atoms with E-state index in [0.29, 0.717) is 19.1 Å². The monoisotopic (exact) mass is 292 g/mol. The zero-order valence-corrected chi connectivity index (χ0v) is 13.1. The predicted molar refractivity (Wildman–Crippen MR) is 77.7 cm³/mol. The molecule has 1 saturated heterocycles. The Kier molecular flexibility index (Phi) is 7.28. The van der Waals surface area contributed by atoms with E-state index >= 15 is 0 Å². The van der Waals surface area contributed by atoms with Crippen LogP contribution in [0.25, 0.3) is 0 Å². The highest BCUT2D eigenvalue weighted by atomic mass is 32.2. The lowest BCUT2D eigenvalue weighted by atomic mass is 10.0. The molecule has 2 N–H and O–H groups in total. The van der Waals surface area contributed by atoms with E-state index in [1.165, 1.54) is 12.8 Å². The Hall–Kier alpha value is -0.170. The van der Waals surface area contributed by atoms with Crippen molar-refractivity contribution in [1.29, 1.82) is 0 Å². The number of ether oxygens (including phenoxy) is 1. The predicted octanol–water partition coefficient (Wildman–Crippen LogP) is 1.11. The van der Waals surface area contributed by atoms with Gasteiger partial charge in [0, 0.05) is 19.2 Å². The maximum Gasteiger partial charge on any atom is 0.211 e. The summed E-state index contributed by atoms with van der Waals surface area (Å²) in [4.78, 5) is 0. The molecule has 0 aliphatic carbocycles. The van der Waals surface area contributed by atoms with Crippen LogP contribution >= 0.6 is 0 Å². The molecule has 114 valence electrons. The lowest BCUT2D eigenvalue weighted by molar-refractivity contribution is 0.157. The summed E-state index contributed by atoms with van der Waals surface area (Å²) in [5.74, 6) is 0.417. The van der Waals surface area contributed by atoms with Gasteiger partial charge in [-0.25, -0.2) is 13.1 Å². The lowest BCUT2D eigenvalue weighted by Crippen LogP contribution is -2.44. The molecule has 1 heterocycles. The van der Waals surface area contributed by atoms with Gasteiger partial charge in [0.25, 0.3) is 0 Å². The minimum atomic E-state index is -3.22. The number of piperidine rings is 1. The fourth-order valence-corrected chi connectivity index (χ4v) is 3.81. The fourth-order valence-electron chi connectivity index (χ4n) is 2.30. The van der Waals surface area contributed by atoms with Crippen LogP contribution in [0.4, 0.5) is 0 Å². The van der Waals surface area contributed by atoms with E-state index in [-0.39, 0.29) is 17.7 Å². The number of hydrogen-bond acceptors (Lipinski definition) is 4. The molecule has 0 bridgehead atoms. The van der Waals surface area contributed by atoms with Crippen LogP contribution in [0, 0.1) is 5.92 Å². The van der Waals surface area contributed by atoms with Gasteiger partial charge in [0.05, 0.1) is 12.4 Å². The average Bonchev–Trinajstić information content (AvgIpc) is 2.37. The van der Waals surface area contributed by atoms with Crippen LogP contribution in [0.3, 0.4) is 0 Å². The first-order valence-electron chi connectivity index (χ1n) is 7.17. The Balaban J connectivity index is 2.41. The van der Waals surface area contributed by atoms with Gasteiger partial charge in [-0.3, -0.25) is 0 Å².